The molecule has 0 aliphatic carbocycles. The first-order chi connectivity index (χ1) is 11.9. The standard InChI is InChI=1S/C16H39NO6Si4/c1-24(2,3)21-26(7,8)23-27(9,22-25(4,5)6)14-10-13-17-15(18)11-12-16(19)20/h10-14H2,1-9H3,(H,17,18)(H,19,20). The van der Waals surface area contributed by atoms with E-state index in [0.29, 0.717) is 6.54 Å². The maximum Gasteiger partial charge on any atom is 0.315 e. The maximum absolute atomic E-state index is 11.7. The van der Waals surface area contributed by atoms with E-state index in [1.54, 1.807) is 0 Å². The molecule has 160 valence electrons. The average Bonchev–Trinajstić information content (AvgIpc) is 2.35. The zero-order valence-corrected chi connectivity index (χ0v) is 22.5. The molecule has 0 fully saturated rings. The van der Waals surface area contributed by atoms with E-state index < -0.39 is 39.7 Å². The summed E-state index contributed by atoms with van der Waals surface area (Å²) in [5, 5.41) is 11.4. The topological polar surface area (TPSA) is 94.1 Å². The molecule has 0 heterocycles. The average molecular weight is 454 g/mol. The molecule has 0 radical (unpaired) electrons. The van der Waals surface area contributed by atoms with E-state index in [9.17, 15) is 9.59 Å². The Kier molecular flexibility index (Phi) is 10.3. The van der Waals surface area contributed by atoms with Crippen molar-refractivity contribution in [2.45, 2.75) is 84.2 Å². The third-order valence-corrected chi connectivity index (χ3v) is 16.8. The Labute approximate surface area is 168 Å². The maximum atomic E-state index is 11.7. The minimum atomic E-state index is -2.45. The van der Waals surface area contributed by atoms with Crippen LogP contribution in [0.3, 0.4) is 0 Å². The highest BCUT2D eigenvalue weighted by Crippen LogP contribution is 2.27. The summed E-state index contributed by atoms with van der Waals surface area (Å²) in [6, 6.07) is 0.766. The summed E-state index contributed by atoms with van der Waals surface area (Å²) in [5.41, 5.74) is 0. The van der Waals surface area contributed by atoms with Crippen LogP contribution in [-0.4, -0.2) is 57.3 Å². The second-order valence-electron chi connectivity index (χ2n) is 9.41. The summed E-state index contributed by atoms with van der Waals surface area (Å²) >= 11 is 0. The van der Waals surface area contributed by atoms with Gasteiger partial charge in [0.05, 0.1) is 6.42 Å². The van der Waals surface area contributed by atoms with Gasteiger partial charge in [0.25, 0.3) is 0 Å². The minimum absolute atomic E-state index is 0.00985. The second-order valence-corrected chi connectivity index (χ2v) is 25.9. The van der Waals surface area contributed by atoms with Gasteiger partial charge in [0.15, 0.2) is 16.6 Å². The fourth-order valence-corrected chi connectivity index (χ4v) is 21.0. The molecule has 0 aromatic heterocycles. The Morgan fingerprint density at radius 2 is 1.33 bits per heavy atom. The van der Waals surface area contributed by atoms with Gasteiger partial charge in [0.2, 0.25) is 5.91 Å². The van der Waals surface area contributed by atoms with E-state index in [0.717, 1.165) is 12.5 Å². The minimum Gasteiger partial charge on any atom is -0.481 e. The van der Waals surface area contributed by atoms with Gasteiger partial charge in [-0.3, -0.25) is 9.59 Å². The highest BCUT2D eigenvalue weighted by atomic mass is 28.5. The molecular weight excluding hydrogens is 415 g/mol. The van der Waals surface area contributed by atoms with Crippen molar-refractivity contribution in [2.24, 2.45) is 0 Å². The molecule has 0 saturated carbocycles. The van der Waals surface area contributed by atoms with Crippen molar-refractivity contribution < 1.29 is 27.0 Å². The molecule has 0 bridgehead atoms. The van der Waals surface area contributed by atoms with E-state index in [-0.39, 0.29) is 18.7 Å². The second kappa shape index (κ2) is 10.5. The number of carbonyl (C=O) groups is 2. The van der Waals surface area contributed by atoms with Gasteiger partial charge >= 0.3 is 23.1 Å². The number of hydrogen-bond donors (Lipinski definition) is 2. The largest absolute Gasteiger partial charge is 0.481 e. The zero-order valence-electron chi connectivity index (χ0n) is 18.5. The lowest BCUT2D eigenvalue weighted by atomic mass is 10.3. The molecule has 0 aliphatic rings. The number of aliphatic carboxylic acids is 1. The first kappa shape index (κ1) is 26.7. The molecule has 0 rings (SSSR count). The number of hydrogen-bond acceptors (Lipinski definition) is 5. The number of amides is 1. The molecule has 0 spiro atoms. The van der Waals surface area contributed by atoms with Crippen molar-refractivity contribution in [2.75, 3.05) is 6.54 Å². The van der Waals surface area contributed by atoms with Crippen LogP contribution < -0.4 is 5.32 Å². The smallest absolute Gasteiger partial charge is 0.315 e. The molecule has 0 saturated heterocycles. The normalized spacial score (nSPS) is 15.3. The van der Waals surface area contributed by atoms with Crippen LogP contribution in [0, 0.1) is 0 Å². The number of rotatable bonds is 13. The van der Waals surface area contributed by atoms with Gasteiger partial charge in [-0.1, -0.05) is 0 Å². The monoisotopic (exact) mass is 453 g/mol. The molecule has 0 aromatic carbocycles. The number of carboxylic acid groups (broad SMARTS) is 1. The summed E-state index contributed by atoms with van der Waals surface area (Å²) in [6.07, 6.45) is 0.604. The summed E-state index contributed by atoms with van der Waals surface area (Å²) < 4.78 is 19.4. The van der Waals surface area contributed by atoms with E-state index in [1.165, 1.54) is 0 Å². The van der Waals surface area contributed by atoms with E-state index in [2.05, 4.69) is 64.2 Å². The van der Waals surface area contributed by atoms with Gasteiger partial charge in [-0.2, -0.15) is 0 Å². The van der Waals surface area contributed by atoms with Crippen molar-refractivity contribution >= 4 is 45.6 Å². The van der Waals surface area contributed by atoms with Crippen LogP contribution >= 0.6 is 0 Å². The SMILES string of the molecule is C[Si](C)(C)O[Si](C)(C)O[Si](C)(CCCNC(=O)CCC(=O)O)O[Si](C)(C)C. The van der Waals surface area contributed by atoms with Crippen LogP contribution in [0.25, 0.3) is 0 Å². The Balaban J connectivity index is 4.80. The van der Waals surface area contributed by atoms with Crippen molar-refractivity contribution in [3.05, 3.63) is 0 Å². The van der Waals surface area contributed by atoms with Gasteiger partial charge in [-0.05, 0) is 71.4 Å². The first-order valence-electron chi connectivity index (χ1n) is 9.52. The van der Waals surface area contributed by atoms with Crippen molar-refractivity contribution in [3.8, 4) is 0 Å². The number of carboxylic acids is 1. The summed E-state index contributed by atoms with van der Waals surface area (Å²) in [6.45, 7) is 19.7. The van der Waals surface area contributed by atoms with Crippen molar-refractivity contribution in [3.63, 3.8) is 0 Å². The van der Waals surface area contributed by atoms with E-state index in [1.807, 2.05) is 0 Å². The Bertz CT molecular complexity index is 504. The van der Waals surface area contributed by atoms with Crippen LogP contribution in [0.4, 0.5) is 0 Å². The molecule has 11 heteroatoms. The molecule has 1 atom stereocenters. The third kappa shape index (κ3) is 15.3. The summed E-state index contributed by atoms with van der Waals surface area (Å²) in [7, 11) is -8.28. The van der Waals surface area contributed by atoms with Gasteiger partial charge in [0.1, 0.15) is 0 Å². The van der Waals surface area contributed by atoms with Crippen LogP contribution in [-0.2, 0) is 21.9 Å². The quantitative estimate of drug-likeness (QED) is 0.325. The molecule has 27 heavy (non-hydrogen) atoms. The van der Waals surface area contributed by atoms with Crippen molar-refractivity contribution in [1.82, 2.24) is 5.32 Å². The fraction of sp³-hybridized carbons (Fsp3) is 0.875. The zero-order chi connectivity index (χ0) is 21.5. The highest BCUT2D eigenvalue weighted by Gasteiger charge is 2.44. The summed E-state index contributed by atoms with van der Waals surface area (Å²) in [5.74, 6) is -1.19. The van der Waals surface area contributed by atoms with Crippen molar-refractivity contribution in [1.29, 1.82) is 0 Å². The first-order valence-corrected chi connectivity index (χ1v) is 21.7. The van der Waals surface area contributed by atoms with E-state index in [4.69, 9.17) is 17.5 Å². The van der Waals surface area contributed by atoms with Crippen LogP contribution in [0.1, 0.15) is 19.3 Å². The van der Waals surface area contributed by atoms with Crippen LogP contribution in [0.15, 0.2) is 0 Å². The third-order valence-electron chi connectivity index (χ3n) is 3.23. The Morgan fingerprint density at radius 1 is 0.815 bits per heavy atom. The molecule has 1 amide bonds. The van der Waals surface area contributed by atoms with Crippen LogP contribution in [0.2, 0.25) is 65.0 Å². The van der Waals surface area contributed by atoms with Gasteiger partial charge < -0.3 is 22.8 Å². The highest BCUT2D eigenvalue weighted by molar-refractivity contribution is 6.89. The predicted molar refractivity (Wildman–Crippen MR) is 118 cm³/mol. The van der Waals surface area contributed by atoms with Gasteiger partial charge in [-0.25, -0.2) is 0 Å². The van der Waals surface area contributed by atoms with E-state index >= 15 is 0 Å². The molecule has 0 aromatic rings. The number of nitrogens with one attached hydrogen (secondary N) is 1. The lowest BCUT2D eigenvalue weighted by Gasteiger charge is -2.41. The summed E-state index contributed by atoms with van der Waals surface area (Å²) in [4.78, 5) is 22.2. The van der Waals surface area contributed by atoms with Gasteiger partial charge in [-0.15, -0.1) is 0 Å². The fourth-order valence-electron chi connectivity index (χ4n) is 2.99. The predicted octanol–water partition coefficient (Wildman–Crippen LogP) is 3.85. The lowest BCUT2D eigenvalue weighted by molar-refractivity contribution is -0.138. The molecule has 7 nitrogen and oxygen atoms in total. The molecule has 1 unspecified atom stereocenters. The Hall–Kier alpha value is -0.312. The number of carbonyl (C=O) groups excluding carboxylic acids is 1. The molecular formula is C16H39NO6Si4. The lowest BCUT2D eigenvalue weighted by Crippen LogP contribution is -2.56. The molecule has 2 N–H and O–H groups in total. The molecule has 0 aliphatic heterocycles. The Morgan fingerprint density at radius 3 is 1.78 bits per heavy atom. The van der Waals surface area contributed by atoms with Gasteiger partial charge in [0, 0.05) is 13.0 Å². The van der Waals surface area contributed by atoms with Crippen LogP contribution in [0.5, 0.6) is 0 Å².